The highest BCUT2D eigenvalue weighted by molar-refractivity contribution is 7.14. The van der Waals surface area contributed by atoms with Crippen LogP contribution in [0.5, 0.6) is 0 Å². The Kier molecular flexibility index (Phi) is 6.77. The summed E-state index contributed by atoms with van der Waals surface area (Å²) in [5.41, 5.74) is 1.12. The van der Waals surface area contributed by atoms with Crippen LogP contribution in [0, 0.1) is 5.92 Å². The Morgan fingerprint density at radius 3 is 2.76 bits per heavy atom. The lowest BCUT2D eigenvalue weighted by Gasteiger charge is -2.30. The third-order valence-corrected chi connectivity index (χ3v) is 6.14. The van der Waals surface area contributed by atoms with Gasteiger partial charge in [-0.1, -0.05) is 12.1 Å². The van der Waals surface area contributed by atoms with Crippen LogP contribution in [-0.2, 0) is 15.7 Å². The molecule has 3 heterocycles. The van der Waals surface area contributed by atoms with E-state index in [0.717, 1.165) is 54.6 Å². The fraction of sp³-hybridized carbons (Fsp3) is 0.364. The van der Waals surface area contributed by atoms with Gasteiger partial charge in [-0.15, -0.1) is 11.3 Å². The molecule has 1 fully saturated rings. The first kappa shape index (κ1) is 23.0. The molecule has 2 aromatic heterocycles. The van der Waals surface area contributed by atoms with Crippen LogP contribution >= 0.6 is 11.3 Å². The highest BCUT2D eigenvalue weighted by Crippen LogP contribution is 2.32. The molecule has 3 aromatic rings. The van der Waals surface area contributed by atoms with E-state index < -0.39 is 11.9 Å². The van der Waals surface area contributed by atoms with Crippen molar-refractivity contribution in [2.75, 3.05) is 29.9 Å². The number of anilines is 3. The van der Waals surface area contributed by atoms with Crippen molar-refractivity contribution < 1.29 is 22.7 Å². The van der Waals surface area contributed by atoms with Gasteiger partial charge in [-0.3, -0.25) is 4.79 Å². The van der Waals surface area contributed by atoms with E-state index in [2.05, 4.69) is 20.2 Å². The standard InChI is InChI=1S/C22H22F3N5O2S/c1-2-32-19(31)14-7-10-30(11-8-14)21-28-17(13-33-21)15-4-3-5-16(12-15)27-20-26-9-6-18(29-20)22(23,24)25/h3-6,9,12-14H,2,7-8,10-11H2,1H3,(H,26,27,29). The maximum absolute atomic E-state index is 12.9. The molecule has 1 aliphatic rings. The van der Waals surface area contributed by atoms with E-state index in [1.807, 2.05) is 11.4 Å². The second kappa shape index (κ2) is 9.74. The van der Waals surface area contributed by atoms with Gasteiger partial charge in [0.05, 0.1) is 18.2 Å². The van der Waals surface area contributed by atoms with Crippen LogP contribution in [0.25, 0.3) is 11.3 Å². The molecule has 0 spiro atoms. The normalized spacial score (nSPS) is 14.8. The molecule has 0 radical (unpaired) electrons. The Balaban J connectivity index is 1.43. The molecule has 1 N–H and O–H groups in total. The summed E-state index contributed by atoms with van der Waals surface area (Å²) in [7, 11) is 0. The summed E-state index contributed by atoms with van der Waals surface area (Å²) < 4.78 is 43.8. The molecule has 11 heteroatoms. The van der Waals surface area contributed by atoms with E-state index in [0.29, 0.717) is 12.3 Å². The molecule has 0 aliphatic carbocycles. The number of nitrogens with one attached hydrogen (secondary N) is 1. The molecule has 1 aromatic carbocycles. The number of ether oxygens (including phenoxy) is 1. The number of hydrogen-bond acceptors (Lipinski definition) is 8. The zero-order valence-corrected chi connectivity index (χ0v) is 18.6. The monoisotopic (exact) mass is 477 g/mol. The SMILES string of the molecule is CCOC(=O)C1CCN(c2nc(-c3cccc(Nc4nccc(C(F)(F)F)n4)c3)cs2)CC1. The number of nitrogens with zero attached hydrogens (tertiary/aromatic N) is 4. The third-order valence-electron chi connectivity index (χ3n) is 5.24. The lowest BCUT2D eigenvalue weighted by Crippen LogP contribution is -2.36. The number of esters is 1. The van der Waals surface area contributed by atoms with Crippen LogP contribution in [-0.4, -0.2) is 40.6 Å². The number of benzene rings is 1. The average molecular weight is 478 g/mol. The lowest BCUT2D eigenvalue weighted by molar-refractivity contribution is -0.148. The molecule has 33 heavy (non-hydrogen) atoms. The summed E-state index contributed by atoms with van der Waals surface area (Å²) in [6.07, 6.45) is -2.02. The Labute approximate surface area is 192 Å². The number of aromatic nitrogens is 3. The summed E-state index contributed by atoms with van der Waals surface area (Å²) in [4.78, 5) is 26.2. The van der Waals surface area contributed by atoms with Gasteiger partial charge in [0.15, 0.2) is 5.13 Å². The van der Waals surface area contributed by atoms with Gasteiger partial charge in [0.1, 0.15) is 5.69 Å². The highest BCUT2D eigenvalue weighted by atomic mass is 32.1. The number of rotatable bonds is 6. The molecule has 0 unspecified atom stereocenters. The van der Waals surface area contributed by atoms with Crippen molar-refractivity contribution >= 4 is 34.1 Å². The van der Waals surface area contributed by atoms with Crippen molar-refractivity contribution in [1.29, 1.82) is 0 Å². The van der Waals surface area contributed by atoms with Crippen molar-refractivity contribution in [3.63, 3.8) is 0 Å². The van der Waals surface area contributed by atoms with Gasteiger partial charge in [-0.2, -0.15) is 13.2 Å². The molecule has 0 bridgehead atoms. The van der Waals surface area contributed by atoms with E-state index in [4.69, 9.17) is 9.72 Å². The van der Waals surface area contributed by atoms with Crippen molar-refractivity contribution in [1.82, 2.24) is 15.0 Å². The van der Waals surface area contributed by atoms with Crippen LogP contribution < -0.4 is 10.2 Å². The van der Waals surface area contributed by atoms with Crippen molar-refractivity contribution in [3.8, 4) is 11.3 Å². The molecular weight excluding hydrogens is 455 g/mol. The number of carbonyl (C=O) groups is 1. The fourth-order valence-electron chi connectivity index (χ4n) is 3.57. The second-order valence-electron chi connectivity index (χ2n) is 7.50. The molecule has 0 saturated carbocycles. The summed E-state index contributed by atoms with van der Waals surface area (Å²) in [5, 5.41) is 5.63. The maximum atomic E-state index is 12.9. The predicted octanol–water partition coefficient (Wildman–Crippen LogP) is 5.14. The van der Waals surface area contributed by atoms with E-state index >= 15 is 0 Å². The van der Waals surface area contributed by atoms with Gasteiger partial charge < -0.3 is 15.0 Å². The van der Waals surface area contributed by atoms with Crippen LogP contribution in [0.2, 0.25) is 0 Å². The first-order valence-electron chi connectivity index (χ1n) is 10.5. The average Bonchev–Trinajstić information content (AvgIpc) is 3.30. The molecule has 0 atom stereocenters. The summed E-state index contributed by atoms with van der Waals surface area (Å²) in [6.45, 7) is 3.65. The minimum atomic E-state index is -4.54. The van der Waals surface area contributed by atoms with Crippen LogP contribution in [0.15, 0.2) is 41.9 Å². The zero-order valence-electron chi connectivity index (χ0n) is 17.8. The van der Waals surface area contributed by atoms with E-state index in [-0.39, 0.29) is 17.8 Å². The topological polar surface area (TPSA) is 80.2 Å². The molecular formula is C22H22F3N5O2S. The Morgan fingerprint density at radius 1 is 1.24 bits per heavy atom. The summed E-state index contributed by atoms with van der Waals surface area (Å²) in [6, 6.07) is 8.00. The van der Waals surface area contributed by atoms with Crippen LogP contribution in [0.4, 0.5) is 29.9 Å². The molecule has 0 amide bonds. The molecule has 1 aliphatic heterocycles. The zero-order chi connectivity index (χ0) is 23.4. The number of piperidine rings is 1. The first-order chi connectivity index (χ1) is 15.8. The first-order valence-corrected chi connectivity index (χ1v) is 11.4. The number of halogens is 3. The number of alkyl halides is 3. The smallest absolute Gasteiger partial charge is 0.433 e. The van der Waals surface area contributed by atoms with Crippen LogP contribution in [0.1, 0.15) is 25.5 Å². The largest absolute Gasteiger partial charge is 0.466 e. The molecule has 4 rings (SSSR count). The lowest BCUT2D eigenvalue weighted by atomic mass is 9.97. The van der Waals surface area contributed by atoms with Gasteiger partial charge in [0.25, 0.3) is 0 Å². The van der Waals surface area contributed by atoms with Gasteiger partial charge in [0.2, 0.25) is 5.95 Å². The minimum Gasteiger partial charge on any atom is -0.466 e. The summed E-state index contributed by atoms with van der Waals surface area (Å²) in [5.74, 6) is -0.335. The van der Waals surface area contributed by atoms with Crippen molar-refractivity contribution in [3.05, 3.63) is 47.6 Å². The van der Waals surface area contributed by atoms with E-state index in [1.54, 1.807) is 25.1 Å². The Bertz CT molecular complexity index is 1110. The summed E-state index contributed by atoms with van der Waals surface area (Å²) >= 11 is 1.51. The molecule has 1 saturated heterocycles. The third kappa shape index (κ3) is 5.59. The Hall–Kier alpha value is -3.21. The Morgan fingerprint density at radius 2 is 2.03 bits per heavy atom. The van der Waals surface area contributed by atoms with Gasteiger partial charge in [-0.25, -0.2) is 15.0 Å². The van der Waals surface area contributed by atoms with Crippen molar-refractivity contribution in [2.45, 2.75) is 25.9 Å². The van der Waals surface area contributed by atoms with Crippen LogP contribution in [0.3, 0.4) is 0 Å². The fourth-order valence-corrected chi connectivity index (χ4v) is 4.46. The molecule has 7 nitrogen and oxygen atoms in total. The van der Waals surface area contributed by atoms with Gasteiger partial charge in [0, 0.05) is 35.9 Å². The predicted molar refractivity (Wildman–Crippen MR) is 119 cm³/mol. The number of carbonyl (C=O) groups excluding carboxylic acids is 1. The maximum Gasteiger partial charge on any atom is 0.433 e. The highest BCUT2D eigenvalue weighted by Gasteiger charge is 2.32. The van der Waals surface area contributed by atoms with Gasteiger partial charge >= 0.3 is 12.1 Å². The number of hydrogen-bond donors (Lipinski definition) is 1. The van der Waals surface area contributed by atoms with Crippen molar-refractivity contribution in [2.24, 2.45) is 5.92 Å². The quantitative estimate of drug-likeness (QED) is 0.492. The number of thiazole rings is 1. The van der Waals surface area contributed by atoms with Gasteiger partial charge in [-0.05, 0) is 38.0 Å². The van der Waals surface area contributed by atoms with E-state index in [1.165, 1.54) is 11.3 Å². The second-order valence-corrected chi connectivity index (χ2v) is 8.33. The molecule has 174 valence electrons. The van der Waals surface area contributed by atoms with E-state index in [9.17, 15) is 18.0 Å². The minimum absolute atomic E-state index is 0.0681.